The third-order valence-electron chi connectivity index (χ3n) is 5.43. The van der Waals surface area contributed by atoms with Gasteiger partial charge in [0.2, 0.25) is 22.0 Å². The van der Waals surface area contributed by atoms with E-state index in [-0.39, 0.29) is 18.0 Å². The Kier molecular flexibility index (Phi) is 6.95. The second-order valence-electron chi connectivity index (χ2n) is 7.67. The van der Waals surface area contributed by atoms with Gasteiger partial charge in [0.1, 0.15) is 5.75 Å². The Balaban J connectivity index is 1.67. The summed E-state index contributed by atoms with van der Waals surface area (Å²) in [7, 11) is -2.74. The molecule has 0 aromatic heterocycles. The first kappa shape index (κ1) is 23.5. The average molecular weight is 481 g/mol. The Morgan fingerprint density at radius 1 is 0.971 bits per heavy atom. The van der Waals surface area contributed by atoms with Crippen molar-refractivity contribution in [3.05, 3.63) is 90.5 Å². The van der Waals surface area contributed by atoms with Crippen LogP contribution in [-0.2, 0) is 30.9 Å². The molecule has 9 heteroatoms. The number of ether oxygens (including phenoxy) is 2. The van der Waals surface area contributed by atoms with Crippen molar-refractivity contribution in [2.75, 3.05) is 25.1 Å². The van der Waals surface area contributed by atoms with Gasteiger partial charge in [0.25, 0.3) is 0 Å². The van der Waals surface area contributed by atoms with Crippen molar-refractivity contribution in [3.8, 4) is 5.75 Å². The Labute approximate surface area is 198 Å². The zero-order valence-corrected chi connectivity index (χ0v) is 19.4. The molecule has 0 spiro atoms. The number of fused-ring (bicyclic) bond motifs is 1. The van der Waals surface area contributed by atoms with Crippen LogP contribution in [0.2, 0.25) is 0 Å². The highest BCUT2D eigenvalue weighted by Crippen LogP contribution is 2.33. The van der Waals surface area contributed by atoms with Crippen LogP contribution >= 0.6 is 0 Å². The van der Waals surface area contributed by atoms with E-state index in [4.69, 9.17) is 9.47 Å². The van der Waals surface area contributed by atoms with E-state index in [1.165, 1.54) is 24.1 Å². The number of anilines is 1. The van der Waals surface area contributed by atoms with Crippen LogP contribution in [0.3, 0.4) is 0 Å². The number of carbonyl (C=O) groups is 2. The number of sulfonamides is 1. The lowest BCUT2D eigenvalue weighted by molar-refractivity contribution is -0.148. The van der Waals surface area contributed by atoms with Crippen molar-refractivity contribution in [1.29, 1.82) is 0 Å². The van der Waals surface area contributed by atoms with E-state index in [0.717, 1.165) is 9.87 Å². The molecule has 3 aromatic carbocycles. The first-order valence-corrected chi connectivity index (χ1v) is 12.1. The zero-order chi connectivity index (χ0) is 24.1. The average Bonchev–Trinajstić information content (AvgIpc) is 2.88. The summed E-state index contributed by atoms with van der Waals surface area (Å²) in [5, 5.41) is 0. The lowest BCUT2D eigenvalue weighted by Crippen LogP contribution is -2.50. The van der Waals surface area contributed by atoms with E-state index in [2.05, 4.69) is 0 Å². The molecular weight excluding hydrogens is 456 g/mol. The van der Waals surface area contributed by atoms with E-state index in [1.54, 1.807) is 54.6 Å². The number of nitrogens with zero attached hydrogens (tertiary/aromatic N) is 2. The summed E-state index contributed by atoms with van der Waals surface area (Å²) in [6.07, 6.45) is -1.02. The molecule has 176 valence electrons. The minimum absolute atomic E-state index is 0.0101. The van der Waals surface area contributed by atoms with E-state index in [1.807, 2.05) is 18.2 Å². The number of hydrogen-bond acceptors (Lipinski definition) is 6. The summed E-state index contributed by atoms with van der Waals surface area (Å²) < 4.78 is 38.6. The van der Waals surface area contributed by atoms with Crippen LogP contribution in [0, 0.1) is 0 Å². The van der Waals surface area contributed by atoms with Gasteiger partial charge in [-0.3, -0.25) is 4.79 Å². The minimum atomic E-state index is -3.98. The van der Waals surface area contributed by atoms with Crippen LogP contribution in [0.4, 0.5) is 5.69 Å². The molecule has 1 heterocycles. The van der Waals surface area contributed by atoms with Crippen LogP contribution in [0.1, 0.15) is 5.56 Å². The van der Waals surface area contributed by atoms with Crippen molar-refractivity contribution in [3.63, 3.8) is 0 Å². The summed E-state index contributed by atoms with van der Waals surface area (Å²) in [4.78, 5) is 27.1. The van der Waals surface area contributed by atoms with E-state index in [0.29, 0.717) is 11.4 Å². The smallest absolute Gasteiger partial charge is 0.348 e. The molecule has 0 saturated heterocycles. The lowest BCUT2D eigenvalue weighted by atomic mass is 10.2. The molecule has 0 unspecified atom stereocenters. The van der Waals surface area contributed by atoms with Gasteiger partial charge in [0.15, 0.2) is 0 Å². The molecule has 0 fully saturated rings. The monoisotopic (exact) mass is 480 g/mol. The highest BCUT2D eigenvalue weighted by Gasteiger charge is 2.36. The van der Waals surface area contributed by atoms with Crippen molar-refractivity contribution >= 4 is 27.6 Å². The summed E-state index contributed by atoms with van der Waals surface area (Å²) >= 11 is 0. The van der Waals surface area contributed by atoms with Gasteiger partial charge in [-0.2, -0.15) is 4.31 Å². The second-order valence-corrected chi connectivity index (χ2v) is 9.61. The standard InChI is InChI=1S/C25H24N2O6S/c1-32-25(29)23-17-27(21-14-8-9-15-22(21)33-23)24(28)18-26(16-19-10-4-2-5-11-19)34(30,31)20-12-6-3-7-13-20/h2-15,23H,16-18H2,1H3/t23-/m1/s1. The minimum Gasteiger partial charge on any atom is -0.475 e. The van der Waals surface area contributed by atoms with Gasteiger partial charge >= 0.3 is 5.97 Å². The molecular formula is C25H24N2O6S. The highest BCUT2D eigenvalue weighted by molar-refractivity contribution is 7.89. The fourth-order valence-corrected chi connectivity index (χ4v) is 5.11. The molecule has 1 aliphatic heterocycles. The molecule has 0 bridgehead atoms. The van der Waals surface area contributed by atoms with Crippen LogP contribution in [-0.4, -0.2) is 50.9 Å². The molecule has 1 amide bonds. The number of para-hydroxylation sites is 2. The van der Waals surface area contributed by atoms with Gasteiger partial charge in [0.05, 0.1) is 30.8 Å². The maximum absolute atomic E-state index is 13.5. The summed E-state index contributed by atoms with van der Waals surface area (Å²) in [5.41, 5.74) is 1.20. The van der Waals surface area contributed by atoms with Gasteiger partial charge < -0.3 is 14.4 Å². The molecule has 0 saturated carbocycles. The van der Waals surface area contributed by atoms with Crippen LogP contribution in [0.25, 0.3) is 0 Å². The maximum Gasteiger partial charge on any atom is 0.348 e. The first-order valence-electron chi connectivity index (χ1n) is 10.6. The van der Waals surface area contributed by atoms with E-state index >= 15 is 0 Å². The summed E-state index contributed by atoms with van der Waals surface area (Å²) in [6, 6.07) is 23.8. The Bertz CT molecular complexity index is 1260. The number of hydrogen-bond donors (Lipinski definition) is 0. The number of benzene rings is 3. The van der Waals surface area contributed by atoms with Crippen molar-refractivity contribution in [1.82, 2.24) is 4.31 Å². The van der Waals surface area contributed by atoms with Crippen LogP contribution < -0.4 is 9.64 Å². The SMILES string of the molecule is COC(=O)[C@H]1CN(C(=O)CN(Cc2ccccc2)S(=O)(=O)c2ccccc2)c2ccccc2O1. The van der Waals surface area contributed by atoms with Crippen LogP contribution in [0.5, 0.6) is 5.75 Å². The van der Waals surface area contributed by atoms with Gasteiger partial charge in [-0.1, -0.05) is 60.7 Å². The number of esters is 1. The third-order valence-corrected chi connectivity index (χ3v) is 7.24. The Hall–Kier alpha value is -3.69. The highest BCUT2D eigenvalue weighted by atomic mass is 32.2. The van der Waals surface area contributed by atoms with Gasteiger partial charge in [0, 0.05) is 6.54 Å². The molecule has 8 nitrogen and oxygen atoms in total. The molecule has 0 aliphatic carbocycles. The van der Waals surface area contributed by atoms with Crippen molar-refractivity contribution in [2.24, 2.45) is 0 Å². The number of rotatable bonds is 7. The predicted molar refractivity (Wildman–Crippen MR) is 126 cm³/mol. The maximum atomic E-state index is 13.5. The zero-order valence-electron chi connectivity index (χ0n) is 18.5. The van der Waals surface area contributed by atoms with E-state index in [9.17, 15) is 18.0 Å². The van der Waals surface area contributed by atoms with Gasteiger partial charge in [-0.05, 0) is 29.8 Å². The van der Waals surface area contributed by atoms with Gasteiger partial charge in [-0.25, -0.2) is 13.2 Å². The van der Waals surface area contributed by atoms with E-state index < -0.39 is 34.5 Å². The molecule has 1 aliphatic rings. The fraction of sp³-hybridized carbons (Fsp3) is 0.200. The molecule has 0 radical (unpaired) electrons. The molecule has 34 heavy (non-hydrogen) atoms. The van der Waals surface area contributed by atoms with Crippen LogP contribution in [0.15, 0.2) is 89.8 Å². The lowest BCUT2D eigenvalue weighted by Gasteiger charge is -2.34. The Morgan fingerprint density at radius 2 is 1.59 bits per heavy atom. The third kappa shape index (κ3) is 4.95. The normalized spacial score (nSPS) is 15.4. The fourth-order valence-electron chi connectivity index (χ4n) is 3.72. The quantitative estimate of drug-likeness (QED) is 0.483. The predicted octanol–water partition coefficient (Wildman–Crippen LogP) is 2.84. The number of amides is 1. The molecule has 3 aromatic rings. The molecule has 4 rings (SSSR count). The van der Waals surface area contributed by atoms with Gasteiger partial charge in [-0.15, -0.1) is 0 Å². The van der Waals surface area contributed by atoms with Crippen molar-refractivity contribution in [2.45, 2.75) is 17.5 Å². The number of carbonyl (C=O) groups excluding carboxylic acids is 2. The topological polar surface area (TPSA) is 93.2 Å². The largest absolute Gasteiger partial charge is 0.475 e. The molecule has 0 N–H and O–H groups in total. The summed E-state index contributed by atoms with van der Waals surface area (Å²) in [5.74, 6) is -0.761. The molecule has 1 atom stereocenters. The summed E-state index contributed by atoms with van der Waals surface area (Å²) in [6.45, 7) is -0.502. The Morgan fingerprint density at radius 3 is 2.26 bits per heavy atom. The van der Waals surface area contributed by atoms with Crippen molar-refractivity contribution < 1.29 is 27.5 Å². The second kappa shape index (κ2) is 10.1. The first-order chi connectivity index (χ1) is 16.4. The number of methoxy groups -OCH3 is 1.